The molecule has 0 spiro atoms. The Kier molecular flexibility index (Phi) is 3.11. The first-order valence-electron chi connectivity index (χ1n) is 7.62. The summed E-state index contributed by atoms with van der Waals surface area (Å²) in [5, 5.41) is 0. The SMILES string of the molecule is CC1=C(C)C(C)=[C]([Ti]2([C]3=C(C)C(C)=C(C)C3)[CH2][CH2]2)C1. The van der Waals surface area contributed by atoms with Crippen LogP contribution in [0.1, 0.15) is 54.4 Å². The normalized spacial score (nSPS) is 26.2. The molecule has 0 saturated carbocycles. The van der Waals surface area contributed by atoms with E-state index in [2.05, 4.69) is 41.5 Å². The Morgan fingerprint density at radius 3 is 1.16 bits per heavy atom. The molecule has 0 radical (unpaired) electrons. The predicted octanol–water partition coefficient (Wildman–Crippen LogP) is 6.02. The summed E-state index contributed by atoms with van der Waals surface area (Å²) in [5.41, 5.74) is 9.84. The van der Waals surface area contributed by atoms with Gasteiger partial charge in [-0.1, -0.05) is 0 Å². The molecule has 0 aromatic heterocycles. The molecule has 1 heteroatoms. The molecule has 0 nitrogen and oxygen atoms in total. The van der Waals surface area contributed by atoms with Gasteiger partial charge in [0.15, 0.2) is 0 Å². The van der Waals surface area contributed by atoms with Gasteiger partial charge in [0.2, 0.25) is 0 Å². The zero-order valence-corrected chi connectivity index (χ0v) is 14.9. The van der Waals surface area contributed by atoms with Gasteiger partial charge in [0.05, 0.1) is 0 Å². The first-order valence-corrected chi connectivity index (χ1v) is 11.4. The van der Waals surface area contributed by atoms with Gasteiger partial charge in [-0.05, 0) is 0 Å². The minimum atomic E-state index is -1.78. The van der Waals surface area contributed by atoms with Crippen molar-refractivity contribution in [3.05, 3.63) is 41.2 Å². The zero-order chi connectivity index (χ0) is 13.9. The topological polar surface area (TPSA) is 0 Å². The molecule has 1 aliphatic heterocycles. The maximum absolute atomic E-state index is 2.39. The van der Waals surface area contributed by atoms with Crippen molar-refractivity contribution in [1.29, 1.82) is 0 Å². The van der Waals surface area contributed by atoms with E-state index in [-0.39, 0.29) is 0 Å². The molecule has 0 bridgehead atoms. The van der Waals surface area contributed by atoms with Crippen LogP contribution in [0.4, 0.5) is 0 Å². The van der Waals surface area contributed by atoms with Crippen LogP contribution in [0.2, 0.25) is 9.45 Å². The van der Waals surface area contributed by atoms with Crippen molar-refractivity contribution in [2.24, 2.45) is 0 Å². The third-order valence-electron chi connectivity index (χ3n) is 6.10. The van der Waals surface area contributed by atoms with E-state index in [9.17, 15) is 0 Å². The van der Waals surface area contributed by atoms with Gasteiger partial charge in [0, 0.05) is 0 Å². The Balaban J connectivity index is 2.01. The summed E-state index contributed by atoms with van der Waals surface area (Å²) in [5.74, 6) is 0. The molecular weight excluding hydrogens is 264 g/mol. The van der Waals surface area contributed by atoms with Crippen LogP contribution in [0, 0.1) is 0 Å². The fourth-order valence-electron chi connectivity index (χ4n) is 4.12. The Labute approximate surface area is 121 Å². The van der Waals surface area contributed by atoms with Crippen LogP contribution in [0.15, 0.2) is 41.2 Å². The summed E-state index contributed by atoms with van der Waals surface area (Å²) >= 11 is -1.78. The minimum absolute atomic E-state index is 1.31. The van der Waals surface area contributed by atoms with Crippen LogP contribution in [-0.4, -0.2) is 0 Å². The van der Waals surface area contributed by atoms with Gasteiger partial charge >= 0.3 is 122 Å². The van der Waals surface area contributed by atoms with Gasteiger partial charge in [-0.15, -0.1) is 0 Å². The predicted molar refractivity (Wildman–Crippen MR) is 81.0 cm³/mol. The van der Waals surface area contributed by atoms with Crippen molar-refractivity contribution < 1.29 is 16.6 Å². The Morgan fingerprint density at radius 1 is 0.579 bits per heavy atom. The van der Waals surface area contributed by atoms with Crippen molar-refractivity contribution in [2.75, 3.05) is 0 Å². The van der Waals surface area contributed by atoms with Crippen LogP contribution in [-0.2, 0) is 16.6 Å². The molecule has 3 rings (SSSR count). The molecule has 2 aliphatic carbocycles. The van der Waals surface area contributed by atoms with E-state index in [1.54, 1.807) is 42.9 Å². The van der Waals surface area contributed by atoms with Gasteiger partial charge in [-0.3, -0.25) is 0 Å². The standard InChI is InChI=1S/2C8H11.C2H4.Ti/c2*1-6-4-5-7(2)8(6)3;1-2;/h2*4H2,1-3H3;1-2H2;. The molecule has 102 valence electrons. The summed E-state index contributed by atoms with van der Waals surface area (Å²) in [6.07, 6.45) is 2.62. The molecular formula is C18H26Ti. The van der Waals surface area contributed by atoms with E-state index >= 15 is 0 Å². The number of rotatable bonds is 2. The van der Waals surface area contributed by atoms with Crippen molar-refractivity contribution in [3.8, 4) is 0 Å². The molecule has 0 amide bonds. The molecule has 0 atom stereocenters. The first-order chi connectivity index (χ1) is 8.88. The van der Waals surface area contributed by atoms with E-state index in [1.165, 1.54) is 12.8 Å². The Hall–Kier alpha value is -0.326. The molecule has 0 N–H and O–H groups in total. The molecule has 1 heterocycles. The molecule has 0 unspecified atom stereocenters. The number of hydrogen-bond acceptors (Lipinski definition) is 0. The summed E-state index contributed by atoms with van der Waals surface area (Å²) in [6.45, 7) is 14.1. The monoisotopic (exact) mass is 290 g/mol. The van der Waals surface area contributed by atoms with Crippen LogP contribution in [0.25, 0.3) is 0 Å². The van der Waals surface area contributed by atoms with E-state index < -0.39 is 16.6 Å². The molecule has 0 aromatic carbocycles. The van der Waals surface area contributed by atoms with Crippen molar-refractivity contribution >= 4 is 0 Å². The van der Waals surface area contributed by atoms with Crippen molar-refractivity contribution in [1.82, 2.24) is 0 Å². The van der Waals surface area contributed by atoms with Crippen LogP contribution >= 0.6 is 0 Å². The van der Waals surface area contributed by atoms with Gasteiger partial charge in [-0.25, -0.2) is 0 Å². The molecule has 1 saturated heterocycles. The van der Waals surface area contributed by atoms with Crippen LogP contribution in [0.5, 0.6) is 0 Å². The van der Waals surface area contributed by atoms with Gasteiger partial charge < -0.3 is 0 Å². The second-order valence-electron chi connectivity index (χ2n) is 6.95. The summed E-state index contributed by atoms with van der Waals surface area (Å²) in [4.78, 5) is 0. The van der Waals surface area contributed by atoms with Gasteiger partial charge in [-0.2, -0.15) is 0 Å². The average molecular weight is 290 g/mol. The molecule has 19 heavy (non-hydrogen) atoms. The van der Waals surface area contributed by atoms with E-state index in [4.69, 9.17) is 0 Å². The Bertz CT molecular complexity index is 539. The average Bonchev–Trinajstić information content (AvgIpc) is 3.09. The first kappa shape index (κ1) is 13.6. The van der Waals surface area contributed by atoms with Crippen LogP contribution in [0.3, 0.4) is 0 Å². The fourth-order valence-corrected chi connectivity index (χ4v) is 13.3. The van der Waals surface area contributed by atoms with Gasteiger partial charge in [0.1, 0.15) is 0 Å². The van der Waals surface area contributed by atoms with E-state index in [1.807, 2.05) is 7.76 Å². The quantitative estimate of drug-likeness (QED) is 0.545. The second-order valence-corrected chi connectivity index (χ2v) is 13.8. The summed E-state index contributed by atoms with van der Waals surface area (Å²) < 4.78 is 7.01. The third kappa shape index (κ3) is 1.83. The molecule has 3 aliphatic rings. The maximum atomic E-state index is 2.39. The van der Waals surface area contributed by atoms with Crippen LogP contribution < -0.4 is 0 Å². The van der Waals surface area contributed by atoms with E-state index in [0.717, 1.165) is 0 Å². The summed E-state index contributed by atoms with van der Waals surface area (Å²) in [7, 11) is 0. The fraction of sp³-hybridized carbons (Fsp3) is 0.556. The Morgan fingerprint density at radius 2 is 0.947 bits per heavy atom. The van der Waals surface area contributed by atoms with E-state index in [0.29, 0.717) is 0 Å². The van der Waals surface area contributed by atoms with Gasteiger partial charge in [0.25, 0.3) is 0 Å². The van der Waals surface area contributed by atoms with Crippen molar-refractivity contribution in [3.63, 3.8) is 0 Å². The molecule has 1 fully saturated rings. The molecule has 0 aromatic rings. The zero-order valence-electron chi connectivity index (χ0n) is 13.3. The summed E-state index contributed by atoms with van der Waals surface area (Å²) in [6, 6.07) is 0. The number of hydrogen-bond donors (Lipinski definition) is 0. The third-order valence-corrected chi connectivity index (χ3v) is 13.8. The second kappa shape index (κ2) is 4.33. The van der Waals surface area contributed by atoms with Crippen molar-refractivity contribution in [2.45, 2.75) is 63.8 Å². The number of allylic oxidation sites excluding steroid dienone is 8.